The van der Waals surface area contributed by atoms with Crippen molar-refractivity contribution in [1.29, 1.82) is 0 Å². The summed E-state index contributed by atoms with van der Waals surface area (Å²) in [5.41, 5.74) is 0. The van der Waals surface area contributed by atoms with Crippen molar-refractivity contribution in [3.63, 3.8) is 0 Å². The molecule has 0 spiro atoms. The second-order valence-electron chi connectivity index (χ2n) is 3.17. The van der Waals surface area contributed by atoms with Crippen LogP contribution < -0.4 is 4.72 Å². The maximum absolute atomic E-state index is 11.5. The molecule has 96 valence electrons. The molecule has 0 radical (unpaired) electrons. The molecule has 8 heteroatoms. The molecule has 0 amide bonds. The molecule has 0 saturated heterocycles. The number of methoxy groups -OCH3 is 1. The zero-order valence-corrected chi connectivity index (χ0v) is 12.3. The van der Waals surface area contributed by atoms with E-state index in [4.69, 9.17) is 0 Å². The summed E-state index contributed by atoms with van der Waals surface area (Å²) in [7, 11) is -2.21. The molecular weight excluding hydrogens is 330 g/mol. The van der Waals surface area contributed by atoms with E-state index >= 15 is 0 Å². The third-order valence-electron chi connectivity index (χ3n) is 1.90. The highest BCUT2D eigenvalue weighted by Crippen LogP contribution is 2.21. The molecule has 0 aliphatic heterocycles. The van der Waals surface area contributed by atoms with E-state index in [0.29, 0.717) is 0 Å². The monoisotopic (exact) mass is 341 g/mol. The summed E-state index contributed by atoms with van der Waals surface area (Å²) < 4.78 is 30.8. The zero-order chi connectivity index (χ0) is 12.9. The van der Waals surface area contributed by atoms with Gasteiger partial charge < -0.3 is 4.74 Å². The van der Waals surface area contributed by atoms with Crippen molar-refractivity contribution in [2.45, 2.75) is 13.0 Å². The normalized spacial score (nSPS) is 11.4. The van der Waals surface area contributed by atoms with Crippen LogP contribution in [-0.4, -0.2) is 27.2 Å². The van der Waals surface area contributed by atoms with Gasteiger partial charge in [0.25, 0.3) is 0 Å². The molecule has 0 aliphatic rings. The molecule has 0 unspecified atom stereocenters. The summed E-state index contributed by atoms with van der Waals surface area (Å²) in [6, 6.07) is 3.68. The van der Waals surface area contributed by atoms with Gasteiger partial charge in [-0.15, -0.1) is 11.3 Å². The number of esters is 1. The Morgan fingerprint density at radius 1 is 1.53 bits per heavy atom. The highest BCUT2D eigenvalue weighted by atomic mass is 79.9. The van der Waals surface area contributed by atoms with E-state index in [9.17, 15) is 13.2 Å². The number of ether oxygens (including phenoxy) is 1. The zero-order valence-electron chi connectivity index (χ0n) is 9.10. The lowest BCUT2D eigenvalue weighted by Crippen LogP contribution is -2.27. The summed E-state index contributed by atoms with van der Waals surface area (Å²) >= 11 is 4.75. The number of thiophene rings is 1. The van der Waals surface area contributed by atoms with Gasteiger partial charge in [0.15, 0.2) is 0 Å². The Morgan fingerprint density at radius 3 is 2.76 bits per heavy atom. The lowest BCUT2D eigenvalue weighted by atomic mass is 10.5. The summed E-state index contributed by atoms with van der Waals surface area (Å²) in [5.74, 6) is -0.791. The fourth-order valence-electron chi connectivity index (χ4n) is 1.02. The Hall–Kier alpha value is -0.440. The number of rotatable bonds is 6. The summed E-state index contributed by atoms with van der Waals surface area (Å²) in [4.78, 5) is 11.7. The molecule has 0 fully saturated rings. The van der Waals surface area contributed by atoms with Crippen molar-refractivity contribution in [3.05, 3.63) is 20.8 Å². The van der Waals surface area contributed by atoms with Gasteiger partial charge in [0.2, 0.25) is 10.0 Å². The van der Waals surface area contributed by atoms with Crippen LogP contribution in [0.25, 0.3) is 0 Å². The molecule has 5 nitrogen and oxygen atoms in total. The summed E-state index contributed by atoms with van der Waals surface area (Å²) in [6.07, 6.45) is -0.139. The topological polar surface area (TPSA) is 72.5 Å². The van der Waals surface area contributed by atoms with Crippen LogP contribution in [0.2, 0.25) is 0 Å². The van der Waals surface area contributed by atoms with Gasteiger partial charge in [-0.05, 0) is 28.1 Å². The first-order valence-corrected chi connectivity index (χ1v) is 7.97. The van der Waals surface area contributed by atoms with Gasteiger partial charge in [0.1, 0.15) is 0 Å². The number of carbonyl (C=O) groups excluding carboxylic acids is 1. The molecule has 0 atom stereocenters. The molecule has 1 aromatic heterocycles. The van der Waals surface area contributed by atoms with Crippen LogP contribution >= 0.6 is 27.3 Å². The second kappa shape index (κ2) is 6.48. The predicted molar refractivity (Wildman–Crippen MR) is 69.3 cm³/mol. The SMILES string of the molecule is COC(=O)CCS(=O)(=O)NCc1ccc(Br)s1. The van der Waals surface area contributed by atoms with E-state index in [-0.39, 0.29) is 18.7 Å². The second-order valence-corrected chi connectivity index (χ2v) is 7.65. The van der Waals surface area contributed by atoms with Crippen LogP contribution in [0.4, 0.5) is 0 Å². The van der Waals surface area contributed by atoms with Crippen LogP contribution in [-0.2, 0) is 26.1 Å². The number of hydrogen-bond donors (Lipinski definition) is 1. The summed E-state index contributed by atoms with van der Waals surface area (Å²) in [6.45, 7) is 0.236. The third kappa shape index (κ3) is 5.62. The molecule has 0 saturated carbocycles. The molecule has 1 N–H and O–H groups in total. The Balaban J connectivity index is 2.42. The Kier molecular flexibility index (Phi) is 5.57. The highest BCUT2D eigenvalue weighted by molar-refractivity contribution is 9.11. The first-order chi connectivity index (χ1) is 7.93. The van der Waals surface area contributed by atoms with Gasteiger partial charge in [-0.2, -0.15) is 0 Å². The van der Waals surface area contributed by atoms with Crippen molar-refractivity contribution in [2.24, 2.45) is 0 Å². The van der Waals surface area contributed by atoms with Crippen molar-refractivity contribution in [3.8, 4) is 0 Å². The van der Waals surface area contributed by atoms with Gasteiger partial charge >= 0.3 is 5.97 Å². The fourth-order valence-corrected chi connectivity index (χ4v) is 3.49. The van der Waals surface area contributed by atoms with E-state index in [0.717, 1.165) is 8.66 Å². The van der Waals surface area contributed by atoms with E-state index in [1.165, 1.54) is 18.4 Å². The van der Waals surface area contributed by atoms with Crippen molar-refractivity contribution >= 4 is 43.3 Å². The lowest BCUT2D eigenvalue weighted by molar-refractivity contribution is -0.140. The molecule has 17 heavy (non-hydrogen) atoms. The van der Waals surface area contributed by atoms with Gasteiger partial charge in [0, 0.05) is 11.4 Å². The minimum atomic E-state index is -3.44. The average molecular weight is 342 g/mol. The average Bonchev–Trinajstić information content (AvgIpc) is 2.70. The van der Waals surface area contributed by atoms with Crippen molar-refractivity contribution in [1.82, 2.24) is 4.72 Å². The standard InChI is InChI=1S/C9H12BrNO4S2/c1-15-9(12)4-5-17(13,14)11-6-7-2-3-8(10)16-7/h2-3,11H,4-6H2,1H3. The van der Waals surface area contributed by atoms with Gasteiger partial charge in [-0.25, -0.2) is 13.1 Å². The van der Waals surface area contributed by atoms with Crippen molar-refractivity contribution < 1.29 is 17.9 Å². The highest BCUT2D eigenvalue weighted by Gasteiger charge is 2.13. The minimum Gasteiger partial charge on any atom is -0.469 e. The van der Waals surface area contributed by atoms with Gasteiger partial charge in [0.05, 0.1) is 23.1 Å². The first kappa shape index (κ1) is 14.6. The number of hydrogen-bond acceptors (Lipinski definition) is 5. The van der Waals surface area contributed by atoms with E-state index in [2.05, 4.69) is 25.4 Å². The summed E-state index contributed by atoms with van der Waals surface area (Å²) in [5, 5.41) is 0. The number of sulfonamides is 1. The smallest absolute Gasteiger partial charge is 0.306 e. The van der Waals surface area contributed by atoms with Crippen LogP contribution in [0.15, 0.2) is 15.9 Å². The van der Waals surface area contributed by atoms with Crippen LogP contribution in [0, 0.1) is 0 Å². The minimum absolute atomic E-state index is 0.139. The third-order valence-corrected chi connectivity index (χ3v) is 4.85. The van der Waals surface area contributed by atoms with Crippen LogP contribution in [0.3, 0.4) is 0 Å². The largest absolute Gasteiger partial charge is 0.469 e. The van der Waals surface area contributed by atoms with Crippen LogP contribution in [0.1, 0.15) is 11.3 Å². The van der Waals surface area contributed by atoms with Gasteiger partial charge in [-0.3, -0.25) is 4.79 Å². The molecule has 1 aromatic rings. The van der Waals surface area contributed by atoms with E-state index in [1.54, 1.807) is 0 Å². The number of carbonyl (C=O) groups is 1. The van der Waals surface area contributed by atoms with Crippen molar-refractivity contribution in [2.75, 3.05) is 12.9 Å². The molecule has 0 aromatic carbocycles. The number of nitrogens with one attached hydrogen (secondary N) is 1. The maximum Gasteiger partial charge on any atom is 0.306 e. The van der Waals surface area contributed by atoms with Gasteiger partial charge in [-0.1, -0.05) is 0 Å². The molecule has 0 bridgehead atoms. The molecule has 1 heterocycles. The Morgan fingerprint density at radius 2 is 2.24 bits per heavy atom. The molecule has 0 aliphatic carbocycles. The molecular formula is C9H12BrNO4S2. The first-order valence-electron chi connectivity index (χ1n) is 4.71. The predicted octanol–water partition coefficient (Wildman–Crippen LogP) is 1.49. The molecule has 1 rings (SSSR count). The Labute approximate surface area is 112 Å². The van der Waals surface area contributed by atoms with Crippen LogP contribution in [0.5, 0.6) is 0 Å². The number of halogens is 1. The fraction of sp³-hybridized carbons (Fsp3) is 0.444. The Bertz CT molecular complexity index is 483. The maximum atomic E-state index is 11.5. The quantitative estimate of drug-likeness (QED) is 0.795. The van der Waals surface area contributed by atoms with E-state index < -0.39 is 16.0 Å². The van der Waals surface area contributed by atoms with E-state index in [1.807, 2.05) is 12.1 Å². The lowest BCUT2D eigenvalue weighted by Gasteiger charge is -2.04.